The Balaban J connectivity index is 2.29. The third kappa shape index (κ3) is 1.86. The molecule has 0 radical (unpaired) electrons. The van der Waals surface area contributed by atoms with Crippen molar-refractivity contribution < 1.29 is 4.74 Å². The van der Waals surface area contributed by atoms with Crippen molar-refractivity contribution in [3.05, 3.63) is 35.7 Å². The van der Waals surface area contributed by atoms with Crippen LogP contribution in [-0.4, -0.2) is 26.7 Å². The van der Waals surface area contributed by atoms with Gasteiger partial charge in [-0.05, 0) is 6.07 Å². The van der Waals surface area contributed by atoms with Crippen molar-refractivity contribution in [2.24, 2.45) is 0 Å². The van der Waals surface area contributed by atoms with E-state index in [9.17, 15) is 0 Å². The number of anilines is 1. The first kappa shape index (κ1) is 11.7. The van der Waals surface area contributed by atoms with E-state index in [0.29, 0.717) is 33.5 Å². The molecular formula is C12H10ClN5O. The third-order valence-corrected chi connectivity index (χ3v) is 3.10. The normalized spacial score (nSPS) is 10.8. The van der Waals surface area contributed by atoms with Gasteiger partial charge < -0.3 is 10.5 Å². The van der Waals surface area contributed by atoms with E-state index < -0.39 is 0 Å². The van der Waals surface area contributed by atoms with Gasteiger partial charge in [0.2, 0.25) is 0 Å². The molecule has 7 heteroatoms. The minimum atomic E-state index is 0.441. The Morgan fingerprint density at radius 2 is 2.16 bits per heavy atom. The SMILES string of the molecule is COc1cc(N)c(Cl)cc1-c1nnc2ccncn12. The fourth-order valence-electron chi connectivity index (χ4n) is 1.84. The quantitative estimate of drug-likeness (QED) is 0.724. The zero-order valence-electron chi connectivity index (χ0n) is 10.0. The molecule has 0 aliphatic rings. The molecule has 0 bridgehead atoms. The Morgan fingerprint density at radius 1 is 1.32 bits per heavy atom. The fraction of sp³-hybridized carbons (Fsp3) is 0.0833. The lowest BCUT2D eigenvalue weighted by Gasteiger charge is -2.09. The maximum Gasteiger partial charge on any atom is 0.173 e. The lowest BCUT2D eigenvalue weighted by molar-refractivity contribution is 0.416. The van der Waals surface area contributed by atoms with Crippen LogP contribution in [0.4, 0.5) is 5.69 Å². The molecule has 1 aromatic carbocycles. The number of hydrogen-bond acceptors (Lipinski definition) is 5. The molecule has 19 heavy (non-hydrogen) atoms. The first-order valence-electron chi connectivity index (χ1n) is 5.49. The summed E-state index contributed by atoms with van der Waals surface area (Å²) in [4.78, 5) is 4.05. The molecule has 2 aromatic heterocycles. The molecule has 0 fully saturated rings. The van der Waals surface area contributed by atoms with Gasteiger partial charge in [0.25, 0.3) is 0 Å². The summed E-state index contributed by atoms with van der Waals surface area (Å²) in [6.07, 6.45) is 3.29. The molecule has 2 N–H and O–H groups in total. The van der Waals surface area contributed by atoms with E-state index in [2.05, 4.69) is 15.2 Å². The van der Waals surface area contributed by atoms with Gasteiger partial charge in [-0.25, -0.2) is 4.98 Å². The summed E-state index contributed by atoms with van der Waals surface area (Å²) >= 11 is 6.06. The number of rotatable bonds is 2. The van der Waals surface area contributed by atoms with Crippen molar-refractivity contribution in [2.45, 2.75) is 0 Å². The number of fused-ring (bicyclic) bond motifs is 1. The third-order valence-electron chi connectivity index (χ3n) is 2.77. The van der Waals surface area contributed by atoms with Crippen molar-refractivity contribution in [1.29, 1.82) is 0 Å². The van der Waals surface area contributed by atoms with Gasteiger partial charge >= 0.3 is 0 Å². The largest absolute Gasteiger partial charge is 0.496 e. The summed E-state index contributed by atoms with van der Waals surface area (Å²) in [5, 5.41) is 8.65. The van der Waals surface area contributed by atoms with Gasteiger partial charge in [-0.1, -0.05) is 11.6 Å². The van der Waals surface area contributed by atoms with Gasteiger partial charge in [0.15, 0.2) is 11.5 Å². The lowest BCUT2D eigenvalue weighted by Crippen LogP contribution is -1.96. The fourth-order valence-corrected chi connectivity index (χ4v) is 2.01. The number of benzene rings is 1. The summed E-state index contributed by atoms with van der Waals surface area (Å²) in [6, 6.07) is 5.14. The lowest BCUT2D eigenvalue weighted by atomic mass is 10.1. The second-order valence-corrected chi connectivity index (χ2v) is 4.31. The first-order valence-corrected chi connectivity index (χ1v) is 5.86. The number of methoxy groups -OCH3 is 1. The molecule has 0 amide bonds. The highest BCUT2D eigenvalue weighted by molar-refractivity contribution is 6.33. The molecule has 0 aliphatic carbocycles. The van der Waals surface area contributed by atoms with Crippen LogP contribution in [0.25, 0.3) is 17.0 Å². The summed E-state index contributed by atoms with van der Waals surface area (Å²) in [5.74, 6) is 1.18. The number of halogens is 1. The summed E-state index contributed by atoms with van der Waals surface area (Å²) in [7, 11) is 1.56. The van der Waals surface area contributed by atoms with E-state index in [0.717, 1.165) is 0 Å². The van der Waals surface area contributed by atoms with Crippen LogP contribution in [0.3, 0.4) is 0 Å². The molecule has 0 saturated carbocycles. The molecule has 0 unspecified atom stereocenters. The smallest absolute Gasteiger partial charge is 0.173 e. The number of aromatic nitrogens is 4. The number of nitrogens with zero attached hydrogens (tertiary/aromatic N) is 4. The zero-order chi connectivity index (χ0) is 13.4. The van der Waals surface area contributed by atoms with Crippen molar-refractivity contribution in [3.8, 4) is 17.1 Å². The van der Waals surface area contributed by atoms with Crippen molar-refractivity contribution in [2.75, 3.05) is 12.8 Å². The molecule has 6 nitrogen and oxygen atoms in total. The predicted molar refractivity (Wildman–Crippen MR) is 72.2 cm³/mol. The standard InChI is InChI=1S/C12H10ClN5O/c1-19-10-5-9(14)8(13)4-7(10)12-17-16-11-2-3-15-6-18(11)12/h2-6H,14H2,1H3. The van der Waals surface area contributed by atoms with Crippen LogP contribution < -0.4 is 10.5 Å². The van der Waals surface area contributed by atoms with Crippen LogP contribution in [0.5, 0.6) is 5.75 Å². The number of nitrogen functional groups attached to an aromatic ring is 1. The Labute approximate surface area is 113 Å². The van der Waals surface area contributed by atoms with Gasteiger partial charge in [-0.3, -0.25) is 4.40 Å². The topological polar surface area (TPSA) is 78.3 Å². The highest BCUT2D eigenvalue weighted by atomic mass is 35.5. The molecular weight excluding hydrogens is 266 g/mol. The van der Waals surface area contributed by atoms with Crippen LogP contribution in [0, 0.1) is 0 Å². The van der Waals surface area contributed by atoms with Gasteiger partial charge in [0.05, 0.1) is 23.4 Å². The van der Waals surface area contributed by atoms with E-state index in [1.807, 2.05) is 0 Å². The molecule has 0 spiro atoms. The predicted octanol–water partition coefficient (Wildman–Crippen LogP) is 2.04. The van der Waals surface area contributed by atoms with Crippen molar-refractivity contribution in [3.63, 3.8) is 0 Å². The molecule has 0 atom stereocenters. The maximum absolute atomic E-state index is 6.06. The highest BCUT2D eigenvalue weighted by Gasteiger charge is 2.15. The molecule has 0 saturated heterocycles. The van der Waals surface area contributed by atoms with Gasteiger partial charge in [0, 0.05) is 18.3 Å². The second kappa shape index (κ2) is 4.40. The Bertz CT molecular complexity index is 755. The average Bonchev–Trinajstić information content (AvgIpc) is 2.85. The second-order valence-electron chi connectivity index (χ2n) is 3.91. The summed E-state index contributed by atoms with van der Waals surface area (Å²) in [5.41, 5.74) is 7.62. The van der Waals surface area contributed by atoms with Crippen molar-refractivity contribution >= 4 is 22.9 Å². The molecule has 96 valence electrons. The van der Waals surface area contributed by atoms with Gasteiger partial charge in [-0.2, -0.15) is 0 Å². The highest BCUT2D eigenvalue weighted by Crippen LogP contribution is 2.35. The molecule has 3 aromatic rings. The molecule has 0 aliphatic heterocycles. The maximum atomic E-state index is 6.06. The van der Waals surface area contributed by atoms with Crippen LogP contribution in [-0.2, 0) is 0 Å². The van der Waals surface area contributed by atoms with Crippen LogP contribution in [0.15, 0.2) is 30.7 Å². The molecule has 2 heterocycles. The van der Waals surface area contributed by atoms with Crippen LogP contribution in [0.2, 0.25) is 5.02 Å². The zero-order valence-corrected chi connectivity index (χ0v) is 10.8. The van der Waals surface area contributed by atoms with E-state index >= 15 is 0 Å². The minimum absolute atomic E-state index is 0.441. The number of ether oxygens (including phenoxy) is 1. The van der Waals surface area contributed by atoms with Gasteiger partial charge in [-0.15, -0.1) is 10.2 Å². The number of nitrogens with two attached hydrogens (primary N) is 1. The summed E-state index contributed by atoms with van der Waals surface area (Å²) < 4.78 is 7.07. The van der Waals surface area contributed by atoms with E-state index in [4.69, 9.17) is 22.1 Å². The van der Waals surface area contributed by atoms with Crippen LogP contribution in [0.1, 0.15) is 0 Å². The van der Waals surface area contributed by atoms with Gasteiger partial charge in [0.1, 0.15) is 12.1 Å². The molecule has 3 rings (SSSR count). The monoisotopic (exact) mass is 275 g/mol. The van der Waals surface area contributed by atoms with Crippen LogP contribution >= 0.6 is 11.6 Å². The number of hydrogen-bond donors (Lipinski definition) is 1. The summed E-state index contributed by atoms with van der Waals surface area (Å²) in [6.45, 7) is 0. The Kier molecular flexibility index (Phi) is 2.72. The van der Waals surface area contributed by atoms with E-state index in [-0.39, 0.29) is 0 Å². The van der Waals surface area contributed by atoms with E-state index in [1.54, 1.807) is 42.2 Å². The first-order chi connectivity index (χ1) is 9.20. The average molecular weight is 276 g/mol. The Hall–Kier alpha value is -2.34. The van der Waals surface area contributed by atoms with Crippen molar-refractivity contribution in [1.82, 2.24) is 19.6 Å². The van der Waals surface area contributed by atoms with E-state index in [1.165, 1.54) is 0 Å². The Morgan fingerprint density at radius 3 is 2.95 bits per heavy atom. The minimum Gasteiger partial charge on any atom is -0.496 e.